The van der Waals surface area contributed by atoms with Crippen molar-refractivity contribution in [3.63, 3.8) is 0 Å². The van der Waals surface area contributed by atoms with E-state index in [0.29, 0.717) is 18.1 Å². The fourth-order valence-corrected chi connectivity index (χ4v) is 3.69. The van der Waals surface area contributed by atoms with E-state index in [9.17, 15) is 4.39 Å². The van der Waals surface area contributed by atoms with Crippen LogP contribution in [0.3, 0.4) is 0 Å². The molecule has 3 heteroatoms. The van der Waals surface area contributed by atoms with Crippen molar-refractivity contribution in [1.82, 2.24) is 0 Å². The predicted octanol–water partition coefficient (Wildman–Crippen LogP) is 2.98. The van der Waals surface area contributed by atoms with Gasteiger partial charge in [0.25, 0.3) is 0 Å². The number of piperidine rings is 2. The summed E-state index contributed by atoms with van der Waals surface area (Å²) in [6.45, 7) is 1.88. The van der Waals surface area contributed by atoms with E-state index in [2.05, 4.69) is 11.0 Å². The molecule has 0 radical (unpaired) electrons. The first-order chi connectivity index (χ1) is 8.66. The second-order valence-corrected chi connectivity index (χ2v) is 5.76. The van der Waals surface area contributed by atoms with Crippen LogP contribution in [0, 0.1) is 12.7 Å². The third kappa shape index (κ3) is 1.91. The van der Waals surface area contributed by atoms with E-state index >= 15 is 0 Å². The van der Waals surface area contributed by atoms with Crippen LogP contribution in [0.5, 0.6) is 0 Å². The second-order valence-electron chi connectivity index (χ2n) is 5.76. The molecular formula is C15H21FN2. The van der Waals surface area contributed by atoms with Crippen LogP contribution in [0.25, 0.3) is 0 Å². The molecule has 1 aromatic carbocycles. The Balaban J connectivity index is 1.98. The van der Waals surface area contributed by atoms with Crippen molar-refractivity contribution in [2.24, 2.45) is 5.73 Å². The molecule has 2 nitrogen and oxygen atoms in total. The van der Waals surface area contributed by atoms with Gasteiger partial charge in [0.2, 0.25) is 0 Å². The van der Waals surface area contributed by atoms with Crippen LogP contribution >= 0.6 is 0 Å². The summed E-state index contributed by atoms with van der Waals surface area (Å²) in [5.41, 5.74) is 7.99. The maximum absolute atomic E-state index is 13.7. The quantitative estimate of drug-likeness (QED) is 0.828. The zero-order valence-electron chi connectivity index (χ0n) is 10.9. The lowest BCUT2D eigenvalue weighted by Crippen LogP contribution is -2.55. The summed E-state index contributed by atoms with van der Waals surface area (Å²) in [5.74, 6) is -0.0968. The lowest BCUT2D eigenvalue weighted by atomic mass is 9.81. The molecule has 2 aliphatic rings. The van der Waals surface area contributed by atoms with Crippen molar-refractivity contribution < 1.29 is 4.39 Å². The summed E-state index contributed by atoms with van der Waals surface area (Å²) in [7, 11) is 0. The van der Waals surface area contributed by atoms with Gasteiger partial charge in [0.1, 0.15) is 5.82 Å². The number of hydrogen-bond donors (Lipinski definition) is 1. The molecule has 98 valence electrons. The van der Waals surface area contributed by atoms with Crippen LogP contribution in [-0.2, 0) is 0 Å². The van der Waals surface area contributed by atoms with Gasteiger partial charge in [-0.15, -0.1) is 0 Å². The lowest BCUT2D eigenvalue weighted by Gasteiger charge is -2.50. The Morgan fingerprint density at radius 2 is 1.89 bits per heavy atom. The molecule has 0 spiro atoms. The first-order valence-corrected chi connectivity index (χ1v) is 6.96. The Kier molecular flexibility index (Phi) is 3.02. The number of fused-ring (bicyclic) bond motifs is 2. The molecule has 2 aliphatic heterocycles. The number of anilines is 1. The van der Waals surface area contributed by atoms with E-state index in [0.717, 1.165) is 24.1 Å². The van der Waals surface area contributed by atoms with Crippen molar-refractivity contribution in [3.8, 4) is 0 Å². The standard InChI is InChI=1S/C15H21FN2/c1-10-14(16)6-3-7-15(10)18-12-4-2-5-13(18)9-11(17)8-12/h3,6-7,11-13H,2,4-5,8-9,17H2,1H3. The Morgan fingerprint density at radius 3 is 2.56 bits per heavy atom. The smallest absolute Gasteiger partial charge is 0.128 e. The zero-order chi connectivity index (χ0) is 12.7. The van der Waals surface area contributed by atoms with Gasteiger partial charge in [-0.3, -0.25) is 0 Å². The van der Waals surface area contributed by atoms with Crippen molar-refractivity contribution in [2.75, 3.05) is 4.90 Å². The molecule has 2 bridgehead atoms. The number of halogens is 1. The van der Waals surface area contributed by atoms with Gasteiger partial charge in [-0.05, 0) is 51.2 Å². The predicted molar refractivity (Wildman–Crippen MR) is 72.3 cm³/mol. The highest BCUT2D eigenvalue weighted by molar-refractivity contribution is 5.56. The molecule has 1 aromatic rings. The molecule has 0 aromatic heterocycles. The Labute approximate surface area is 108 Å². The Morgan fingerprint density at radius 1 is 1.22 bits per heavy atom. The highest BCUT2D eigenvalue weighted by Crippen LogP contribution is 2.38. The monoisotopic (exact) mass is 248 g/mol. The van der Waals surface area contributed by atoms with Crippen molar-refractivity contribution in [3.05, 3.63) is 29.6 Å². The third-order valence-electron chi connectivity index (χ3n) is 4.53. The maximum atomic E-state index is 13.7. The van der Waals surface area contributed by atoms with Crippen LogP contribution in [0.2, 0.25) is 0 Å². The van der Waals surface area contributed by atoms with Crippen molar-refractivity contribution in [1.29, 1.82) is 0 Å². The number of hydrogen-bond acceptors (Lipinski definition) is 2. The topological polar surface area (TPSA) is 29.3 Å². The largest absolute Gasteiger partial charge is 0.365 e. The van der Waals surface area contributed by atoms with E-state index in [4.69, 9.17) is 5.73 Å². The van der Waals surface area contributed by atoms with E-state index in [-0.39, 0.29) is 5.82 Å². The zero-order valence-corrected chi connectivity index (χ0v) is 10.9. The summed E-state index contributed by atoms with van der Waals surface area (Å²) in [4.78, 5) is 2.45. The van der Waals surface area contributed by atoms with Gasteiger partial charge < -0.3 is 10.6 Å². The molecule has 2 fully saturated rings. The number of nitrogens with zero attached hydrogens (tertiary/aromatic N) is 1. The molecule has 0 saturated carbocycles. The minimum absolute atomic E-state index is 0.0968. The summed E-state index contributed by atoms with van der Waals surface area (Å²) in [6, 6.07) is 6.76. The van der Waals surface area contributed by atoms with Gasteiger partial charge in [-0.25, -0.2) is 4.39 Å². The van der Waals surface area contributed by atoms with Crippen LogP contribution in [0.15, 0.2) is 18.2 Å². The first kappa shape index (κ1) is 12.0. The first-order valence-electron chi connectivity index (χ1n) is 6.96. The van der Waals surface area contributed by atoms with Gasteiger partial charge in [-0.1, -0.05) is 6.07 Å². The van der Waals surface area contributed by atoms with Gasteiger partial charge in [0.05, 0.1) is 0 Å². The third-order valence-corrected chi connectivity index (χ3v) is 4.53. The molecule has 2 atom stereocenters. The summed E-state index contributed by atoms with van der Waals surface area (Å²) < 4.78 is 13.7. The summed E-state index contributed by atoms with van der Waals surface area (Å²) in [6.07, 6.45) is 5.77. The molecule has 3 rings (SSSR count). The fraction of sp³-hybridized carbons (Fsp3) is 0.600. The molecule has 0 aliphatic carbocycles. The Hall–Kier alpha value is -1.09. The van der Waals surface area contributed by atoms with Crippen LogP contribution < -0.4 is 10.6 Å². The minimum atomic E-state index is -0.0968. The van der Waals surface area contributed by atoms with Crippen LogP contribution in [0.4, 0.5) is 10.1 Å². The van der Waals surface area contributed by atoms with Gasteiger partial charge in [0.15, 0.2) is 0 Å². The van der Waals surface area contributed by atoms with E-state index in [1.807, 2.05) is 13.0 Å². The van der Waals surface area contributed by atoms with Gasteiger partial charge in [-0.2, -0.15) is 0 Å². The molecule has 2 unspecified atom stereocenters. The Bertz CT molecular complexity index is 432. The van der Waals surface area contributed by atoms with Crippen molar-refractivity contribution in [2.45, 2.75) is 57.2 Å². The van der Waals surface area contributed by atoms with Gasteiger partial charge >= 0.3 is 0 Å². The molecular weight excluding hydrogens is 227 g/mol. The molecule has 0 amide bonds. The lowest BCUT2D eigenvalue weighted by molar-refractivity contribution is 0.271. The molecule has 18 heavy (non-hydrogen) atoms. The second kappa shape index (κ2) is 4.54. The number of rotatable bonds is 1. The fourth-order valence-electron chi connectivity index (χ4n) is 3.69. The van der Waals surface area contributed by atoms with E-state index in [1.165, 1.54) is 19.3 Å². The van der Waals surface area contributed by atoms with E-state index in [1.54, 1.807) is 6.07 Å². The highest BCUT2D eigenvalue weighted by Gasteiger charge is 2.37. The summed E-state index contributed by atoms with van der Waals surface area (Å²) >= 11 is 0. The number of benzene rings is 1. The van der Waals surface area contributed by atoms with Crippen molar-refractivity contribution >= 4 is 5.69 Å². The normalized spacial score (nSPS) is 31.5. The highest BCUT2D eigenvalue weighted by atomic mass is 19.1. The SMILES string of the molecule is Cc1c(F)cccc1N1C2CCCC1CC(N)C2. The average Bonchev–Trinajstić information content (AvgIpc) is 2.32. The average molecular weight is 248 g/mol. The molecule has 2 N–H and O–H groups in total. The molecule has 2 saturated heterocycles. The number of nitrogens with two attached hydrogens (primary N) is 1. The van der Waals surface area contributed by atoms with Crippen LogP contribution in [0.1, 0.15) is 37.7 Å². The maximum Gasteiger partial charge on any atom is 0.128 e. The van der Waals surface area contributed by atoms with Gasteiger partial charge in [0, 0.05) is 29.4 Å². The molecule has 2 heterocycles. The minimum Gasteiger partial charge on any atom is -0.365 e. The van der Waals surface area contributed by atoms with Crippen LogP contribution in [-0.4, -0.2) is 18.1 Å². The summed E-state index contributed by atoms with van der Waals surface area (Å²) in [5, 5.41) is 0. The van der Waals surface area contributed by atoms with E-state index < -0.39 is 0 Å².